The molecule has 0 aromatic carbocycles. The predicted molar refractivity (Wildman–Crippen MR) is 75.5 cm³/mol. The van der Waals surface area contributed by atoms with Crippen molar-refractivity contribution in [2.75, 3.05) is 0 Å². The third kappa shape index (κ3) is 11.0. The van der Waals surface area contributed by atoms with Gasteiger partial charge in [-0.25, -0.2) is 9.97 Å². The van der Waals surface area contributed by atoms with Gasteiger partial charge in [0, 0.05) is 19.5 Å². The van der Waals surface area contributed by atoms with Crippen LogP contribution in [0.2, 0.25) is 0 Å². The topological polar surface area (TPSA) is 42.9 Å². The van der Waals surface area contributed by atoms with Gasteiger partial charge < -0.3 is 0 Å². The van der Waals surface area contributed by atoms with Crippen LogP contribution < -0.4 is 0 Å². The van der Waals surface area contributed by atoms with Gasteiger partial charge in [0.2, 0.25) is 0 Å². The Labute approximate surface area is 107 Å². The maximum absolute atomic E-state index is 10.8. The zero-order chi connectivity index (χ0) is 14.3. The molecule has 0 fully saturated rings. The van der Waals surface area contributed by atoms with Gasteiger partial charge >= 0.3 is 0 Å². The van der Waals surface area contributed by atoms with Crippen LogP contribution in [-0.2, 0) is 6.42 Å². The van der Waals surface area contributed by atoms with Crippen molar-refractivity contribution in [1.29, 1.82) is 0 Å². The Hall–Kier alpha value is -1.25. The summed E-state index contributed by atoms with van der Waals surface area (Å²) in [4.78, 5) is 18.8. The fraction of sp³-hybridized carbons (Fsp3) is 0.643. The van der Waals surface area contributed by atoms with E-state index >= 15 is 0 Å². The molecular formula is C14H28N2O. The first kappa shape index (κ1) is 21.1. The molecule has 0 aliphatic rings. The third-order valence-corrected chi connectivity index (χ3v) is 1.38. The summed E-state index contributed by atoms with van der Waals surface area (Å²) in [7, 11) is 0. The van der Waals surface area contributed by atoms with Crippen LogP contribution in [0.25, 0.3) is 0 Å². The highest BCUT2D eigenvalue weighted by Gasteiger charge is 2.00. The van der Waals surface area contributed by atoms with Crippen molar-refractivity contribution in [2.24, 2.45) is 0 Å². The van der Waals surface area contributed by atoms with Gasteiger partial charge in [-0.1, -0.05) is 48.5 Å². The third-order valence-electron chi connectivity index (χ3n) is 1.38. The van der Waals surface area contributed by atoms with Crippen LogP contribution in [0.4, 0.5) is 0 Å². The van der Waals surface area contributed by atoms with E-state index in [-0.39, 0.29) is 5.78 Å². The van der Waals surface area contributed by atoms with Crippen molar-refractivity contribution < 1.29 is 4.79 Å². The number of rotatable bonds is 2. The van der Waals surface area contributed by atoms with Gasteiger partial charge in [-0.15, -0.1) is 0 Å². The molecule has 0 amide bonds. The van der Waals surface area contributed by atoms with Crippen LogP contribution in [0.3, 0.4) is 0 Å². The first-order chi connectivity index (χ1) is 8.24. The molecule has 3 heteroatoms. The molecule has 17 heavy (non-hydrogen) atoms. The highest BCUT2D eigenvalue weighted by atomic mass is 16.1. The predicted octanol–water partition coefficient (Wildman–Crippen LogP) is 4.32. The lowest BCUT2D eigenvalue weighted by Gasteiger charge is -1.96. The minimum Gasteiger partial charge on any atom is -0.293 e. The van der Waals surface area contributed by atoms with Crippen LogP contribution in [0.1, 0.15) is 71.7 Å². The maximum atomic E-state index is 10.8. The first-order valence-corrected chi connectivity index (χ1v) is 6.57. The standard InChI is InChI=1S/C8H10N2O.3C2H6/c1-3-8-9-5-4-7(10-8)6(2)11;3*1-2/h4-5H,3H2,1-2H3;3*1-2H3. The minimum atomic E-state index is -0.0119. The lowest BCUT2D eigenvalue weighted by Crippen LogP contribution is -2.01. The van der Waals surface area contributed by atoms with E-state index in [4.69, 9.17) is 0 Å². The van der Waals surface area contributed by atoms with Crippen molar-refractivity contribution in [1.82, 2.24) is 9.97 Å². The molecule has 0 bridgehead atoms. The molecular weight excluding hydrogens is 212 g/mol. The molecule has 0 unspecified atom stereocenters. The Kier molecular flexibility index (Phi) is 21.3. The molecule has 100 valence electrons. The quantitative estimate of drug-likeness (QED) is 0.723. The SMILES string of the molecule is CC.CC.CC.CCc1nccc(C(C)=O)n1. The summed E-state index contributed by atoms with van der Waals surface area (Å²) in [5.41, 5.74) is 0.497. The maximum Gasteiger partial charge on any atom is 0.178 e. The van der Waals surface area contributed by atoms with Crippen LogP contribution in [0.15, 0.2) is 12.3 Å². The summed E-state index contributed by atoms with van der Waals surface area (Å²) in [5.74, 6) is 0.708. The minimum absolute atomic E-state index is 0.0119. The number of carbonyl (C=O) groups excluding carboxylic acids is 1. The van der Waals surface area contributed by atoms with Crippen LogP contribution in [-0.4, -0.2) is 15.8 Å². The number of hydrogen-bond donors (Lipinski definition) is 0. The molecule has 0 atom stereocenters. The van der Waals surface area contributed by atoms with Gasteiger partial charge in [0.1, 0.15) is 11.5 Å². The molecule has 0 aliphatic carbocycles. The van der Waals surface area contributed by atoms with Gasteiger partial charge in [0.05, 0.1) is 0 Å². The number of ketones is 1. The van der Waals surface area contributed by atoms with Crippen molar-refractivity contribution in [3.05, 3.63) is 23.8 Å². The number of aromatic nitrogens is 2. The number of carbonyl (C=O) groups is 1. The zero-order valence-electron chi connectivity index (χ0n) is 12.7. The number of nitrogens with zero attached hydrogens (tertiary/aromatic N) is 2. The fourth-order valence-corrected chi connectivity index (χ4v) is 0.766. The Morgan fingerprint density at radius 3 is 1.94 bits per heavy atom. The lowest BCUT2D eigenvalue weighted by atomic mass is 10.3. The van der Waals surface area contributed by atoms with E-state index in [9.17, 15) is 4.79 Å². The van der Waals surface area contributed by atoms with Crippen molar-refractivity contribution in [3.8, 4) is 0 Å². The normalized spacial score (nSPS) is 7.29. The van der Waals surface area contributed by atoms with E-state index in [1.165, 1.54) is 6.92 Å². The largest absolute Gasteiger partial charge is 0.293 e. The van der Waals surface area contributed by atoms with Gasteiger partial charge in [0.25, 0.3) is 0 Å². The second kappa shape index (κ2) is 17.2. The summed E-state index contributed by atoms with van der Waals surface area (Å²) in [6.45, 7) is 15.5. The monoisotopic (exact) mass is 240 g/mol. The summed E-state index contributed by atoms with van der Waals surface area (Å²) in [6.07, 6.45) is 2.38. The molecule has 0 saturated heterocycles. The van der Waals surface area contributed by atoms with Gasteiger partial charge in [-0.2, -0.15) is 0 Å². The Morgan fingerprint density at radius 2 is 1.59 bits per heavy atom. The molecule has 3 nitrogen and oxygen atoms in total. The van der Waals surface area contributed by atoms with Crippen molar-refractivity contribution in [3.63, 3.8) is 0 Å². The van der Waals surface area contributed by atoms with E-state index in [2.05, 4.69) is 9.97 Å². The molecule has 1 aromatic heterocycles. The van der Waals surface area contributed by atoms with Gasteiger partial charge in [-0.3, -0.25) is 4.79 Å². The van der Waals surface area contributed by atoms with E-state index in [0.29, 0.717) is 5.69 Å². The van der Waals surface area contributed by atoms with Gasteiger partial charge in [-0.05, 0) is 6.07 Å². The first-order valence-electron chi connectivity index (χ1n) is 6.57. The smallest absolute Gasteiger partial charge is 0.178 e. The Bertz CT molecular complexity index is 273. The summed E-state index contributed by atoms with van der Waals surface area (Å²) in [6, 6.07) is 1.63. The second-order valence-corrected chi connectivity index (χ2v) is 2.27. The molecule has 1 heterocycles. The highest BCUT2D eigenvalue weighted by Crippen LogP contribution is 1.96. The zero-order valence-corrected chi connectivity index (χ0v) is 12.7. The van der Waals surface area contributed by atoms with Crippen LogP contribution in [0, 0.1) is 0 Å². The number of Topliss-reactive ketones (excluding diaryl/α,β-unsaturated/α-hetero) is 1. The van der Waals surface area contributed by atoms with Crippen LogP contribution in [0.5, 0.6) is 0 Å². The fourth-order valence-electron chi connectivity index (χ4n) is 0.766. The second-order valence-electron chi connectivity index (χ2n) is 2.27. The average molecular weight is 240 g/mol. The number of hydrogen-bond acceptors (Lipinski definition) is 3. The van der Waals surface area contributed by atoms with E-state index in [1.807, 2.05) is 48.5 Å². The lowest BCUT2D eigenvalue weighted by molar-refractivity contribution is 0.101. The summed E-state index contributed by atoms with van der Waals surface area (Å²) in [5, 5.41) is 0. The summed E-state index contributed by atoms with van der Waals surface area (Å²) < 4.78 is 0. The van der Waals surface area contributed by atoms with Gasteiger partial charge in [0.15, 0.2) is 5.78 Å². The molecule has 0 aliphatic heterocycles. The Balaban J connectivity index is -0.000000285. The molecule has 0 spiro atoms. The molecule has 0 radical (unpaired) electrons. The van der Waals surface area contributed by atoms with E-state index in [1.54, 1.807) is 12.3 Å². The number of aryl methyl sites for hydroxylation is 1. The average Bonchev–Trinajstić information content (AvgIpc) is 2.45. The van der Waals surface area contributed by atoms with Crippen molar-refractivity contribution >= 4 is 5.78 Å². The molecule has 1 rings (SSSR count). The summed E-state index contributed by atoms with van der Waals surface area (Å²) >= 11 is 0. The van der Waals surface area contributed by atoms with Crippen molar-refractivity contribution in [2.45, 2.75) is 61.8 Å². The van der Waals surface area contributed by atoms with E-state index in [0.717, 1.165) is 12.2 Å². The molecule has 0 saturated carbocycles. The highest BCUT2D eigenvalue weighted by molar-refractivity contribution is 5.91. The Morgan fingerprint density at radius 1 is 1.12 bits per heavy atom. The molecule has 1 aromatic rings. The molecule has 0 N–H and O–H groups in total. The van der Waals surface area contributed by atoms with E-state index < -0.39 is 0 Å². The van der Waals surface area contributed by atoms with Crippen LogP contribution >= 0.6 is 0 Å².